The first-order valence-electron chi connectivity index (χ1n) is 14.0. The number of hydrogen-bond donors (Lipinski definition) is 4. The van der Waals surface area contributed by atoms with Crippen molar-refractivity contribution >= 4 is 35.5 Å². The molecule has 1 saturated carbocycles. The Kier molecular flexibility index (Phi) is 10.7. The summed E-state index contributed by atoms with van der Waals surface area (Å²) >= 11 is 0. The van der Waals surface area contributed by atoms with E-state index < -0.39 is 65.1 Å². The van der Waals surface area contributed by atoms with E-state index in [1.54, 1.807) is 20.8 Å². The van der Waals surface area contributed by atoms with E-state index in [2.05, 4.69) is 16.0 Å². The number of likely N-dealkylation sites (tertiary alicyclic amines) is 1. The second kappa shape index (κ2) is 13.0. The first-order valence-corrected chi connectivity index (χ1v) is 14.0. The summed E-state index contributed by atoms with van der Waals surface area (Å²) in [5.41, 5.74) is 3.99. The minimum atomic E-state index is -1.16. The summed E-state index contributed by atoms with van der Waals surface area (Å²) in [6.45, 7) is 14.7. The van der Waals surface area contributed by atoms with Gasteiger partial charge in [-0.15, -0.1) is 0 Å². The average molecular weight is 566 g/mol. The second-order valence-corrected chi connectivity index (χ2v) is 13.4. The maximum absolute atomic E-state index is 13.7. The number of nitrogens with two attached hydrogens (primary N) is 1. The monoisotopic (exact) mass is 565 g/mol. The zero-order valence-electron chi connectivity index (χ0n) is 25.1. The number of nitrogens with one attached hydrogen (secondary N) is 3. The molecule has 1 saturated heterocycles. The number of carbonyl (C=O) groups is 6. The molecule has 0 aromatic rings. The standard InChI is InChI=1S/C28H47N5O7/c1-15(20(34)22(29)35)30-23(36)19-10-9-13-33(19)24(37)21(28(6,7)8)32-26(39)31-18(14-27(3,4)5)25(38)40-16(2)17-11-12-17/h15-19,21H,9-14H2,1-8H3,(H2,29,35)(H,30,36)(H2,31,32,39)/t15?,16?,18?,19-,21?/m0/s1. The SMILES string of the molecule is CC(NC(=O)[C@@H]1CCCN1C(=O)C(NC(=O)NC(CC(C)(C)C)C(=O)OC(C)C1CC1)C(C)(C)C)C(=O)C(N)=O. The number of nitrogens with zero attached hydrogens (tertiary/aromatic N) is 1. The van der Waals surface area contributed by atoms with Gasteiger partial charge in [0.25, 0.3) is 5.91 Å². The van der Waals surface area contributed by atoms with Gasteiger partial charge in [-0.2, -0.15) is 0 Å². The molecule has 2 rings (SSSR count). The van der Waals surface area contributed by atoms with E-state index in [0.29, 0.717) is 25.2 Å². The number of amides is 5. The predicted octanol–water partition coefficient (Wildman–Crippen LogP) is 1.40. The second-order valence-electron chi connectivity index (χ2n) is 13.4. The van der Waals surface area contributed by atoms with Gasteiger partial charge in [0.05, 0.1) is 6.04 Å². The van der Waals surface area contributed by atoms with Crippen molar-refractivity contribution in [3.63, 3.8) is 0 Å². The summed E-state index contributed by atoms with van der Waals surface area (Å²) in [5.74, 6) is -3.32. The molecule has 0 aromatic heterocycles. The molecule has 0 bridgehead atoms. The zero-order valence-corrected chi connectivity index (χ0v) is 25.1. The zero-order chi connectivity index (χ0) is 30.6. The van der Waals surface area contributed by atoms with E-state index in [1.807, 2.05) is 27.7 Å². The highest BCUT2D eigenvalue weighted by Gasteiger charge is 2.43. The first kappa shape index (κ1) is 33.0. The lowest BCUT2D eigenvalue weighted by molar-refractivity contribution is -0.152. The molecule has 0 aromatic carbocycles. The van der Waals surface area contributed by atoms with Crippen LogP contribution in [0.15, 0.2) is 0 Å². The Morgan fingerprint density at radius 1 is 0.925 bits per heavy atom. The number of urea groups is 1. The molecule has 1 heterocycles. The summed E-state index contributed by atoms with van der Waals surface area (Å²) in [5, 5.41) is 7.90. The van der Waals surface area contributed by atoms with Gasteiger partial charge in [-0.3, -0.25) is 19.2 Å². The fourth-order valence-corrected chi connectivity index (χ4v) is 4.77. The molecule has 40 heavy (non-hydrogen) atoms. The Hall–Kier alpha value is -3.18. The molecule has 0 radical (unpaired) electrons. The number of rotatable bonds is 11. The van der Waals surface area contributed by atoms with Gasteiger partial charge in [0.1, 0.15) is 24.2 Å². The molecule has 5 amide bonds. The van der Waals surface area contributed by atoms with Gasteiger partial charge < -0.3 is 31.3 Å². The number of primary amides is 1. The third kappa shape index (κ3) is 9.48. The van der Waals surface area contributed by atoms with Crippen molar-refractivity contribution in [2.45, 2.75) is 118 Å². The lowest BCUT2D eigenvalue weighted by Crippen LogP contribution is -2.61. The lowest BCUT2D eigenvalue weighted by Gasteiger charge is -2.36. The number of ketones is 1. The van der Waals surface area contributed by atoms with Crippen molar-refractivity contribution in [3.8, 4) is 0 Å². The smallest absolute Gasteiger partial charge is 0.328 e. The van der Waals surface area contributed by atoms with Crippen LogP contribution in [-0.2, 0) is 28.7 Å². The number of esters is 1. The van der Waals surface area contributed by atoms with Gasteiger partial charge in [0.15, 0.2) is 0 Å². The van der Waals surface area contributed by atoms with Crippen LogP contribution >= 0.6 is 0 Å². The van der Waals surface area contributed by atoms with E-state index in [1.165, 1.54) is 11.8 Å². The van der Waals surface area contributed by atoms with Gasteiger partial charge >= 0.3 is 12.0 Å². The Morgan fingerprint density at radius 2 is 1.52 bits per heavy atom. The molecular weight excluding hydrogens is 518 g/mol. The molecule has 226 valence electrons. The Bertz CT molecular complexity index is 996. The van der Waals surface area contributed by atoms with Crippen molar-refractivity contribution in [2.24, 2.45) is 22.5 Å². The van der Waals surface area contributed by atoms with Gasteiger partial charge in [-0.05, 0) is 62.7 Å². The van der Waals surface area contributed by atoms with Crippen LogP contribution in [0.4, 0.5) is 4.79 Å². The highest BCUT2D eigenvalue weighted by Crippen LogP contribution is 2.34. The maximum Gasteiger partial charge on any atom is 0.328 e. The normalized spacial score (nSPS) is 20.5. The van der Waals surface area contributed by atoms with Crippen molar-refractivity contribution < 1.29 is 33.5 Å². The fourth-order valence-electron chi connectivity index (χ4n) is 4.77. The molecule has 1 aliphatic carbocycles. The lowest BCUT2D eigenvalue weighted by atomic mass is 9.85. The molecule has 1 aliphatic heterocycles. The van der Waals surface area contributed by atoms with E-state index in [4.69, 9.17) is 10.5 Å². The van der Waals surface area contributed by atoms with Crippen LogP contribution < -0.4 is 21.7 Å². The van der Waals surface area contributed by atoms with Crippen LogP contribution in [0.5, 0.6) is 0 Å². The predicted molar refractivity (Wildman–Crippen MR) is 148 cm³/mol. The van der Waals surface area contributed by atoms with Crippen LogP contribution in [0.2, 0.25) is 0 Å². The molecule has 12 heteroatoms. The summed E-state index contributed by atoms with van der Waals surface area (Å²) < 4.78 is 5.63. The molecule has 5 atom stereocenters. The molecule has 4 unspecified atom stereocenters. The quantitative estimate of drug-likeness (QED) is 0.216. The topological polar surface area (TPSA) is 177 Å². The van der Waals surface area contributed by atoms with Crippen molar-refractivity contribution in [1.29, 1.82) is 0 Å². The third-order valence-corrected chi connectivity index (χ3v) is 7.22. The van der Waals surface area contributed by atoms with E-state index in [-0.39, 0.29) is 18.1 Å². The Labute approximate surface area is 236 Å². The summed E-state index contributed by atoms with van der Waals surface area (Å²) in [6, 6.07) is -4.64. The highest BCUT2D eigenvalue weighted by molar-refractivity contribution is 6.37. The summed E-state index contributed by atoms with van der Waals surface area (Å²) in [7, 11) is 0. The fraction of sp³-hybridized carbons (Fsp3) is 0.786. The highest BCUT2D eigenvalue weighted by atomic mass is 16.5. The number of hydrogen-bond acceptors (Lipinski definition) is 7. The van der Waals surface area contributed by atoms with Crippen molar-refractivity contribution in [1.82, 2.24) is 20.9 Å². The van der Waals surface area contributed by atoms with Gasteiger partial charge in [0, 0.05) is 6.54 Å². The minimum Gasteiger partial charge on any atom is -0.461 e. The Balaban J connectivity index is 2.15. The van der Waals surface area contributed by atoms with Crippen molar-refractivity contribution in [3.05, 3.63) is 0 Å². The average Bonchev–Trinajstić information content (AvgIpc) is 3.55. The molecule has 5 N–H and O–H groups in total. The van der Waals surface area contributed by atoms with Crippen LogP contribution in [-0.4, -0.2) is 77.2 Å². The van der Waals surface area contributed by atoms with Gasteiger partial charge in [-0.1, -0.05) is 41.5 Å². The molecule has 0 spiro atoms. The molecule has 2 fully saturated rings. The molecule has 12 nitrogen and oxygen atoms in total. The molecular formula is C28H47N5O7. The summed E-state index contributed by atoms with van der Waals surface area (Å²) in [4.78, 5) is 77.2. The van der Waals surface area contributed by atoms with Crippen molar-refractivity contribution in [2.75, 3.05) is 6.54 Å². The number of Topliss-reactive ketones (excluding diaryl/α,β-unsaturated/α-hetero) is 1. The van der Waals surface area contributed by atoms with Crippen LogP contribution in [0, 0.1) is 16.7 Å². The summed E-state index contributed by atoms with van der Waals surface area (Å²) in [6.07, 6.45) is 3.03. The van der Waals surface area contributed by atoms with E-state index >= 15 is 0 Å². The number of ether oxygens (including phenoxy) is 1. The van der Waals surface area contributed by atoms with E-state index in [0.717, 1.165) is 12.8 Å². The Morgan fingerprint density at radius 3 is 2.02 bits per heavy atom. The largest absolute Gasteiger partial charge is 0.461 e. The van der Waals surface area contributed by atoms with Gasteiger partial charge in [0.2, 0.25) is 17.6 Å². The van der Waals surface area contributed by atoms with Crippen LogP contribution in [0.25, 0.3) is 0 Å². The van der Waals surface area contributed by atoms with E-state index in [9.17, 15) is 28.8 Å². The van der Waals surface area contributed by atoms with Gasteiger partial charge in [-0.25, -0.2) is 9.59 Å². The van der Waals surface area contributed by atoms with Crippen LogP contribution in [0.3, 0.4) is 0 Å². The minimum absolute atomic E-state index is 0.233. The van der Waals surface area contributed by atoms with Crippen LogP contribution in [0.1, 0.15) is 87.5 Å². The number of carbonyl (C=O) groups excluding carboxylic acids is 6. The first-order chi connectivity index (χ1) is 18.3. The maximum atomic E-state index is 13.7. The molecule has 2 aliphatic rings. The third-order valence-electron chi connectivity index (χ3n) is 7.22.